The molecular formula is C17H33N3. The Morgan fingerprint density at radius 3 is 2.40 bits per heavy atom. The van der Waals surface area contributed by atoms with E-state index in [1.807, 2.05) is 0 Å². The first kappa shape index (κ1) is 14.8. The smallest absolute Gasteiger partial charge is 0.0223 e. The van der Waals surface area contributed by atoms with E-state index in [1.165, 1.54) is 90.5 Å². The highest BCUT2D eigenvalue weighted by Crippen LogP contribution is 2.35. The van der Waals surface area contributed by atoms with Crippen LogP contribution in [0.15, 0.2) is 0 Å². The van der Waals surface area contributed by atoms with Gasteiger partial charge in [0.05, 0.1) is 0 Å². The first-order valence-electron chi connectivity index (χ1n) is 8.98. The summed E-state index contributed by atoms with van der Waals surface area (Å²) in [5, 5.41) is 0. The number of hydrogen-bond donors (Lipinski definition) is 1. The number of fused-ring (bicyclic) bond motifs is 1. The van der Waals surface area contributed by atoms with E-state index in [2.05, 4.69) is 9.80 Å². The molecule has 3 nitrogen and oxygen atoms in total. The van der Waals surface area contributed by atoms with Gasteiger partial charge in [-0.25, -0.2) is 0 Å². The van der Waals surface area contributed by atoms with Crippen LogP contribution in [-0.2, 0) is 0 Å². The van der Waals surface area contributed by atoms with Crippen LogP contribution in [0.2, 0.25) is 0 Å². The molecule has 0 radical (unpaired) electrons. The Balaban J connectivity index is 1.62. The summed E-state index contributed by atoms with van der Waals surface area (Å²) in [4.78, 5) is 5.51. The molecule has 2 N–H and O–H groups in total. The largest absolute Gasteiger partial charge is 0.330 e. The Hall–Kier alpha value is -0.120. The highest BCUT2D eigenvalue weighted by Gasteiger charge is 2.35. The summed E-state index contributed by atoms with van der Waals surface area (Å²) < 4.78 is 0. The fourth-order valence-corrected chi connectivity index (χ4v) is 4.81. The van der Waals surface area contributed by atoms with Crippen molar-refractivity contribution >= 4 is 0 Å². The average Bonchev–Trinajstić information content (AvgIpc) is 2.67. The van der Waals surface area contributed by atoms with Gasteiger partial charge in [0.25, 0.3) is 0 Å². The van der Waals surface area contributed by atoms with Crippen LogP contribution in [0.3, 0.4) is 0 Å². The molecule has 3 heteroatoms. The van der Waals surface area contributed by atoms with Crippen LogP contribution in [0.1, 0.15) is 57.8 Å². The minimum absolute atomic E-state index is 0.435. The minimum Gasteiger partial charge on any atom is -0.330 e. The molecule has 0 spiro atoms. The Labute approximate surface area is 124 Å². The van der Waals surface area contributed by atoms with Gasteiger partial charge in [-0.15, -0.1) is 0 Å². The van der Waals surface area contributed by atoms with E-state index in [4.69, 9.17) is 5.73 Å². The summed E-state index contributed by atoms with van der Waals surface area (Å²) >= 11 is 0. The third-order valence-corrected chi connectivity index (χ3v) is 6.04. The zero-order valence-corrected chi connectivity index (χ0v) is 13.2. The molecule has 2 aliphatic heterocycles. The zero-order chi connectivity index (χ0) is 13.8. The maximum Gasteiger partial charge on any atom is 0.0223 e. The number of rotatable bonds is 3. The molecule has 0 aromatic heterocycles. The molecule has 116 valence electrons. The van der Waals surface area contributed by atoms with Crippen molar-refractivity contribution in [2.45, 2.75) is 63.8 Å². The molecule has 0 amide bonds. The Morgan fingerprint density at radius 1 is 0.900 bits per heavy atom. The predicted molar refractivity (Wildman–Crippen MR) is 84.8 cm³/mol. The van der Waals surface area contributed by atoms with Gasteiger partial charge < -0.3 is 10.6 Å². The third-order valence-electron chi connectivity index (χ3n) is 6.04. The van der Waals surface area contributed by atoms with Crippen molar-refractivity contribution in [3.05, 3.63) is 0 Å². The molecule has 20 heavy (non-hydrogen) atoms. The monoisotopic (exact) mass is 279 g/mol. The van der Waals surface area contributed by atoms with Crippen molar-refractivity contribution in [1.29, 1.82) is 0 Å². The van der Waals surface area contributed by atoms with E-state index in [0.717, 1.165) is 12.6 Å². The lowest BCUT2D eigenvalue weighted by atomic mass is 9.79. The molecule has 0 aromatic carbocycles. The summed E-state index contributed by atoms with van der Waals surface area (Å²) in [5.74, 6) is 0. The molecular weight excluding hydrogens is 246 g/mol. The fourth-order valence-electron chi connectivity index (χ4n) is 4.81. The van der Waals surface area contributed by atoms with E-state index in [9.17, 15) is 0 Å². The highest BCUT2D eigenvalue weighted by atomic mass is 15.3. The van der Waals surface area contributed by atoms with Gasteiger partial charge in [-0.3, -0.25) is 4.90 Å². The molecule has 1 atom stereocenters. The van der Waals surface area contributed by atoms with Crippen LogP contribution in [0.5, 0.6) is 0 Å². The van der Waals surface area contributed by atoms with Gasteiger partial charge in [-0.1, -0.05) is 25.7 Å². The topological polar surface area (TPSA) is 32.5 Å². The number of nitrogens with zero attached hydrogens (tertiary/aromatic N) is 2. The Kier molecular flexibility index (Phi) is 5.00. The standard InChI is InChI=1S/C17H33N3/c18-14-17(8-3-1-2-4-9-17)15-19-10-6-12-20-11-5-7-16(20)13-19/h16H,1-15,18H2. The van der Waals surface area contributed by atoms with Gasteiger partial charge in [-0.05, 0) is 63.7 Å². The summed E-state index contributed by atoms with van der Waals surface area (Å²) in [5.41, 5.74) is 6.67. The second-order valence-corrected chi connectivity index (χ2v) is 7.54. The second kappa shape index (κ2) is 6.76. The van der Waals surface area contributed by atoms with Crippen LogP contribution < -0.4 is 5.73 Å². The SMILES string of the molecule is NCC1(CN2CCCN3CCCC3C2)CCCCCC1. The summed E-state index contributed by atoms with van der Waals surface area (Å²) in [6.45, 7) is 7.46. The first-order chi connectivity index (χ1) is 9.81. The zero-order valence-electron chi connectivity index (χ0n) is 13.2. The Bertz CT molecular complexity index is 297. The summed E-state index contributed by atoms with van der Waals surface area (Å²) in [7, 11) is 0. The van der Waals surface area contributed by atoms with E-state index in [-0.39, 0.29) is 0 Å². The van der Waals surface area contributed by atoms with Crippen LogP contribution in [0.4, 0.5) is 0 Å². The molecule has 0 bridgehead atoms. The second-order valence-electron chi connectivity index (χ2n) is 7.54. The van der Waals surface area contributed by atoms with Crippen molar-refractivity contribution < 1.29 is 0 Å². The van der Waals surface area contributed by atoms with Crippen LogP contribution in [0.25, 0.3) is 0 Å². The molecule has 1 aliphatic carbocycles. The lowest BCUT2D eigenvalue weighted by molar-refractivity contribution is 0.127. The van der Waals surface area contributed by atoms with Gasteiger partial charge in [-0.2, -0.15) is 0 Å². The third kappa shape index (κ3) is 3.37. The first-order valence-corrected chi connectivity index (χ1v) is 8.98. The lowest BCUT2D eigenvalue weighted by Gasteiger charge is -2.37. The maximum absolute atomic E-state index is 6.23. The minimum atomic E-state index is 0.435. The number of nitrogens with two attached hydrogens (primary N) is 1. The number of hydrogen-bond acceptors (Lipinski definition) is 3. The molecule has 2 saturated heterocycles. The van der Waals surface area contributed by atoms with Crippen molar-refractivity contribution in [1.82, 2.24) is 9.80 Å². The van der Waals surface area contributed by atoms with Crippen LogP contribution >= 0.6 is 0 Å². The van der Waals surface area contributed by atoms with Crippen molar-refractivity contribution in [2.75, 3.05) is 39.3 Å². The quantitative estimate of drug-likeness (QED) is 0.806. The molecule has 3 aliphatic rings. The summed E-state index contributed by atoms with van der Waals surface area (Å²) in [6, 6.07) is 0.845. The molecule has 1 unspecified atom stereocenters. The van der Waals surface area contributed by atoms with E-state index in [0.29, 0.717) is 5.41 Å². The van der Waals surface area contributed by atoms with Crippen molar-refractivity contribution in [3.63, 3.8) is 0 Å². The lowest BCUT2D eigenvalue weighted by Crippen LogP contribution is -2.45. The maximum atomic E-state index is 6.23. The molecule has 0 aromatic rings. The Morgan fingerprint density at radius 2 is 1.65 bits per heavy atom. The highest BCUT2D eigenvalue weighted by molar-refractivity contribution is 4.90. The van der Waals surface area contributed by atoms with Gasteiger partial charge >= 0.3 is 0 Å². The van der Waals surface area contributed by atoms with E-state index in [1.54, 1.807) is 0 Å². The van der Waals surface area contributed by atoms with Gasteiger partial charge in [0.15, 0.2) is 0 Å². The van der Waals surface area contributed by atoms with Crippen LogP contribution in [0, 0.1) is 5.41 Å². The molecule has 1 saturated carbocycles. The van der Waals surface area contributed by atoms with Crippen molar-refractivity contribution in [3.8, 4) is 0 Å². The van der Waals surface area contributed by atoms with Gasteiger partial charge in [0.1, 0.15) is 0 Å². The van der Waals surface area contributed by atoms with Crippen LogP contribution in [-0.4, -0.2) is 55.1 Å². The van der Waals surface area contributed by atoms with E-state index >= 15 is 0 Å². The average molecular weight is 279 g/mol. The molecule has 2 heterocycles. The van der Waals surface area contributed by atoms with Crippen molar-refractivity contribution in [2.24, 2.45) is 11.1 Å². The molecule has 3 fully saturated rings. The van der Waals surface area contributed by atoms with Gasteiger partial charge in [0, 0.05) is 19.1 Å². The predicted octanol–water partition coefficient (Wildman–Crippen LogP) is 2.46. The fraction of sp³-hybridized carbons (Fsp3) is 1.00. The molecule has 3 rings (SSSR count). The van der Waals surface area contributed by atoms with Gasteiger partial charge in [0.2, 0.25) is 0 Å². The summed E-state index contributed by atoms with van der Waals surface area (Å²) in [6.07, 6.45) is 12.6. The van der Waals surface area contributed by atoms with E-state index < -0.39 is 0 Å². The normalized spacial score (nSPS) is 32.5.